The molecule has 92 valence electrons. The van der Waals surface area contributed by atoms with E-state index in [2.05, 4.69) is 36.2 Å². The third kappa shape index (κ3) is 2.80. The summed E-state index contributed by atoms with van der Waals surface area (Å²) in [5, 5.41) is 2.62. The number of aryl methyl sites for hydroxylation is 1. The van der Waals surface area contributed by atoms with Gasteiger partial charge in [-0.1, -0.05) is 0 Å². The first kappa shape index (κ1) is 12.4. The van der Waals surface area contributed by atoms with Crippen molar-refractivity contribution in [2.24, 2.45) is 0 Å². The van der Waals surface area contributed by atoms with Gasteiger partial charge in [0, 0.05) is 4.47 Å². The van der Waals surface area contributed by atoms with Gasteiger partial charge in [0.1, 0.15) is 17.3 Å². The zero-order valence-corrected chi connectivity index (χ0v) is 11.1. The van der Waals surface area contributed by atoms with Crippen molar-refractivity contribution < 1.29 is 4.79 Å². The maximum Gasteiger partial charge on any atom is 0.277 e. The molecule has 0 atom stereocenters. The predicted molar refractivity (Wildman–Crippen MR) is 71.1 cm³/mol. The summed E-state index contributed by atoms with van der Waals surface area (Å²) in [7, 11) is 0. The quantitative estimate of drug-likeness (QED) is 0.882. The molecule has 0 saturated carbocycles. The number of anilines is 2. The average Bonchev–Trinajstić information content (AvgIpc) is 2.34. The van der Waals surface area contributed by atoms with Gasteiger partial charge in [-0.25, -0.2) is 9.97 Å². The summed E-state index contributed by atoms with van der Waals surface area (Å²) in [5.74, 6) is 0.247. The summed E-state index contributed by atoms with van der Waals surface area (Å²) in [5.41, 5.74) is 6.39. The summed E-state index contributed by atoms with van der Waals surface area (Å²) < 4.78 is 0.879. The van der Waals surface area contributed by atoms with Crippen molar-refractivity contribution in [3.8, 4) is 0 Å². The number of hydrogen-bond acceptors (Lipinski definition) is 5. The Morgan fingerprint density at radius 3 is 2.78 bits per heavy atom. The molecule has 0 fully saturated rings. The number of carbonyl (C=O) groups excluding carboxylic acids is 1. The van der Waals surface area contributed by atoms with Crippen LogP contribution < -0.4 is 11.1 Å². The third-order valence-electron chi connectivity index (χ3n) is 2.15. The van der Waals surface area contributed by atoms with E-state index < -0.39 is 5.91 Å². The molecule has 0 bridgehead atoms. The van der Waals surface area contributed by atoms with Gasteiger partial charge in [-0.05, 0) is 35.0 Å². The number of nitrogens with one attached hydrogen (secondary N) is 1. The van der Waals surface area contributed by atoms with E-state index in [-0.39, 0.29) is 11.5 Å². The molecular formula is C11H10BrN5O. The summed E-state index contributed by atoms with van der Waals surface area (Å²) in [6, 6.07) is 3.50. The first-order valence-corrected chi connectivity index (χ1v) is 5.87. The maximum atomic E-state index is 11.8. The van der Waals surface area contributed by atoms with Crippen molar-refractivity contribution in [2.45, 2.75) is 6.92 Å². The van der Waals surface area contributed by atoms with Crippen molar-refractivity contribution in [3.63, 3.8) is 0 Å². The van der Waals surface area contributed by atoms with E-state index in [1.54, 1.807) is 6.07 Å². The Balaban J connectivity index is 2.18. The Labute approximate surface area is 112 Å². The van der Waals surface area contributed by atoms with Crippen molar-refractivity contribution in [1.29, 1.82) is 0 Å². The second-order valence-corrected chi connectivity index (χ2v) is 4.40. The minimum Gasteiger partial charge on any atom is -0.382 e. The van der Waals surface area contributed by atoms with Crippen LogP contribution in [0.3, 0.4) is 0 Å². The number of rotatable bonds is 2. The van der Waals surface area contributed by atoms with E-state index in [4.69, 9.17) is 5.73 Å². The van der Waals surface area contributed by atoms with Crippen LogP contribution in [0.1, 0.15) is 16.2 Å². The molecule has 0 spiro atoms. The second-order valence-electron chi connectivity index (χ2n) is 3.55. The van der Waals surface area contributed by atoms with Gasteiger partial charge in [0.15, 0.2) is 0 Å². The Morgan fingerprint density at radius 1 is 1.33 bits per heavy atom. The first-order valence-electron chi connectivity index (χ1n) is 5.08. The SMILES string of the molecule is Cc1nc(NC(=O)c2cncc(N)n2)ccc1Br. The van der Waals surface area contributed by atoms with Crippen LogP contribution in [0, 0.1) is 6.92 Å². The van der Waals surface area contributed by atoms with Crippen LogP contribution in [-0.2, 0) is 0 Å². The lowest BCUT2D eigenvalue weighted by atomic mass is 10.3. The molecule has 2 aromatic rings. The van der Waals surface area contributed by atoms with Crippen LogP contribution in [-0.4, -0.2) is 20.9 Å². The highest BCUT2D eigenvalue weighted by Crippen LogP contribution is 2.16. The molecule has 0 aliphatic carbocycles. The minimum atomic E-state index is -0.399. The van der Waals surface area contributed by atoms with E-state index in [0.717, 1.165) is 10.2 Å². The van der Waals surface area contributed by atoms with E-state index >= 15 is 0 Å². The number of carbonyl (C=O) groups is 1. The number of pyridine rings is 1. The molecule has 0 aromatic carbocycles. The van der Waals surface area contributed by atoms with Gasteiger partial charge in [-0.3, -0.25) is 9.78 Å². The number of nitrogen functional groups attached to an aromatic ring is 1. The van der Waals surface area contributed by atoms with Crippen LogP contribution in [0.2, 0.25) is 0 Å². The van der Waals surface area contributed by atoms with Crippen molar-refractivity contribution in [3.05, 3.63) is 40.4 Å². The van der Waals surface area contributed by atoms with Gasteiger partial charge in [0.2, 0.25) is 0 Å². The number of nitrogens with two attached hydrogens (primary N) is 1. The Hall–Kier alpha value is -2.02. The molecule has 2 aromatic heterocycles. The highest BCUT2D eigenvalue weighted by molar-refractivity contribution is 9.10. The molecule has 0 radical (unpaired) electrons. The Bertz CT molecular complexity index is 602. The summed E-state index contributed by atoms with van der Waals surface area (Å²) in [6.45, 7) is 1.83. The van der Waals surface area contributed by atoms with Gasteiger partial charge in [0.25, 0.3) is 5.91 Å². The van der Waals surface area contributed by atoms with Gasteiger partial charge in [-0.15, -0.1) is 0 Å². The zero-order chi connectivity index (χ0) is 13.1. The van der Waals surface area contributed by atoms with Crippen molar-refractivity contribution in [1.82, 2.24) is 15.0 Å². The number of hydrogen-bond donors (Lipinski definition) is 2. The summed E-state index contributed by atoms with van der Waals surface area (Å²) in [6.07, 6.45) is 2.72. The van der Waals surface area contributed by atoms with Crippen LogP contribution in [0.15, 0.2) is 29.0 Å². The fourth-order valence-corrected chi connectivity index (χ4v) is 1.51. The molecule has 2 heterocycles. The monoisotopic (exact) mass is 307 g/mol. The molecule has 0 saturated heterocycles. The smallest absolute Gasteiger partial charge is 0.277 e. The van der Waals surface area contributed by atoms with Gasteiger partial charge in [0.05, 0.1) is 18.1 Å². The topological polar surface area (TPSA) is 93.8 Å². The minimum absolute atomic E-state index is 0.150. The van der Waals surface area contributed by atoms with E-state index in [1.165, 1.54) is 12.4 Å². The highest BCUT2D eigenvalue weighted by Gasteiger charge is 2.09. The van der Waals surface area contributed by atoms with Crippen molar-refractivity contribution in [2.75, 3.05) is 11.1 Å². The number of amides is 1. The lowest BCUT2D eigenvalue weighted by Gasteiger charge is -2.05. The molecule has 0 unspecified atom stereocenters. The maximum absolute atomic E-state index is 11.8. The molecule has 0 aliphatic heterocycles. The summed E-state index contributed by atoms with van der Waals surface area (Å²) >= 11 is 3.34. The molecule has 18 heavy (non-hydrogen) atoms. The number of nitrogens with zero attached hydrogens (tertiary/aromatic N) is 3. The number of aromatic nitrogens is 3. The van der Waals surface area contributed by atoms with Crippen LogP contribution >= 0.6 is 15.9 Å². The molecule has 0 aliphatic rings. The molecule has 3 N–H and O–H groups in total. The Kier molecular flexibility index (Phi) is 3.52. The molecular weight excluding hydrogens is 298 g/mol. The van der Waals surface area contributed by atoms with Crippen molar-refractivity contribution >= 4 is 33.5 Å². The van der Waals surface area contributed by atoms with Gasteiger partial charge in [-0.2, -0.15) is 0 Å². The normalized spacial score (nSPS) is 10.1. The van der Waals surface area contributed by atoms with Gasteiger partial charge >= 0.3 is 0 Å². The van der Waals surface area contributed by atoms with Crippen LogP contribution in [0.25, 0.3) is 0 Å². The lowest BCUT2D eigenvalue weighted by molar-refractivity contribution is 0.102. The number of halogens is 1. The zero-order valence-electron chi connectivity index (χ0n) is 9.51. The largest absolute Gasteiger partial charge is 0.382 e. The fourth-order valence-electron chi connectivity index (χ4n) is 1.28. The highest BCUT2D eigenvalue weighted by atomic mass is 79.9. The molecule has 6 nitrogen and oxygen atoms in total. The van der Waals surface area contributed by atoms with Crippen LogP contribution in [0.5, 0.6) is 0 Å². The standard InChI is InChI=1S/C11H10BrN5O/c1-6-7(12)2-3-10(15-6)17-11(18)8-4-14-5-9(13)16-8/h2-5H,1H3,(H2,13,16)(H,15,17,18). The fraction of sp³-hybridized carbons (Fsp3) is 0.0909. The second kappa shape index (κ2) is 5.09. The molecule has 7 heteroatoms. The average molecular weight is 308 g/mol. The molecule has 2 rings (SSSR count). The summed E-state index contributed by atoms with van der Waals surface area (Å²) in [4.78, 5) is 23.7. The molecule has 1 amide bonds. The van der Waals surface area contributed by atoms with E-state index in [1.807, 2.05) is 13.0 Å². The lowest BCUT2D eigenvalue weighted by Crippen LogP contribution is -2.15. The van der Waals surface area contributed by atoms with E-state index in [0.29, 0.717) is 5.82 Å². The van der Waals surface area contributed by atoms with E-state index in [9.17, 15) is 4.79 Å². The first-order chi connectivity index (χ1) is 8.56. The van der Waals surface area contributed by atoms with Gasteiger partial charge < -0.3 is 11.1 Å². The Morgan fingerprint density at radius 2 is 2.11 bits per heavy atom. The predicted octanol–water partition coefficient (Wildman–Crippen LogP) is 1.78. The van der Waals surface area contributed by atoms with Crippen LogP contribution in [0.4, 0.5) is 11.6 Å². The third-order valence-corrected chi connectivity index (χ3v) is 2.99.